The predicted octanol–water partition coefficient (Wildman–Crippen LogP) is 1.88. The third-order valence-corrected chi connectivity index (χ3v) is 11.5. The summed E-state index contributed by atoms with van der Waals surface area (Å²) in [7, 11) is 0.124. The minimum absolute atomic E-state index is 0.0293. The van der Waals surface area contributed by atoms with Crippen molar-refractivity contribution in [2.45, 2.75) is 49.2 Å². The van der Waals surface area contributed by atoms with E-state index >= 15 is 8.78 Å². The number of halogens is 2. The van der Waals surface area contributed by atoms with Crippen LogP contribution in [-0.4, -0.2) is 89.0 Å². The first kappa shape index (κ1) is 31.5. The Morgan fingerprint density at radius 2 is 1.63 bits per heavy atom. The van der Waals surface area contributed by atoms with Crippen molar-refractivity contribution in [2.75, 3.05) is 24.7 Å². The number of aromatic nitrogens is 8. The third kappa shape index (κ3) is 5.40. The summed E-state index contributed by atoms with van der Waals surface area (Å²) in [5, 5.41) is 0. The van der Waals surface area contributed by atoms with E-state index in [2.05, 4.69) is 42.2 Å². The normalized spacial score (nSPS) is 37.0. The Morgan fingerprint density at radius 1 is 0.935 bits per heavy atom. The highest BCUT2D eigenvalue weighted by Crippen LogP contribution is 2.61. The van der Waals surface area contributed by atoms with Crippen molar-refractivity contribution < 1.29 is 45.5 Å². The summed E-state index contributed by atoms with van der Waals surface area (Å²) >= 11 is 3.96. The van der Waals surface area contributed by atoms with Crippen LogP contribution in [0.2, 0.25) is 0 Å². The molecule has 0 aromatic carbocycles. The Kier molecular flexibility index (Phi) is 7.93. The second kappa shape index (κ2) is 11.6. The molecule has 0 spiro atoms. The molecule has 3 fully saturated rings. The number of fused-ring (bicyclic) bond motifs is 5. The molecule has 0 saturated carbocycles. The molecule has 7 heterocycles. The maximum Gasteiger partial charge on any atom is 0.418 e. The van der Waals surface area contributed by atoms with Crippen molar-refractivity contribution >= 4 is 70.7 Å². The number of hydrogen-bond acceptors (Lipinski definition) is 16. The number of nitrogens with zero attached hydrogens (tertiary/aromatic N) is 7. The number of rotatable bonds is 2. The molecule has 10 atom stereocenters. The zero-order chi connectivity index (χ0) is 32.5. The lowest BCUT2D eigenvalue weighted by Gasteiger charge is -2.26. The van der Waals surface area contributed by atoms with Gasteiger partial charge in [0.2, 0.25) is 5.95 Å². The second-order valence-corrected chi connectivity index (χ2v) is 16.6. The number of nitrogens with one attached hydrogen (secondary N) is 1. The van der Waals surface area contributed by atoms with Crippen LogP contribution in [0.15, 0.2) is 23.8 Å². The quantitative estimate of drug-likeness (QED) is 0.170. The number of ether oxygens (including phenoxy) is 2. The van der Waals surface area contributed by atoms with Crippen molar-refractivity contribution in [2.24, 2.45) is 0 Å². The van der Waals surface area contributed by atoms with Crippen LogP contribution in [0.25, 0.3) is 22.3 Å². The standard InChI is InChI=1S/C21H22F2N10O9P2S2/c1-46-44(36)38-3-8-13(10(23)19(40-8)32-5-28-11-15(24)26-4-27-16(11)32)41-43(35,45)37-2-7-9(22)14(42-44)20(39-7)33-6-29-12-17(33)30-21(25)31-18(12)34/h1,4-10,13-14,19-20H,2-3H2,(H,35,45)(H2,24,26,27)(H3,25,30,31,34)/t7-,8-,9-,10-,13-,14-,19-,20-,43-,44-/m1/s1. The van der Waals surface area contributed by atoms with E-state index in [1.807, 2.05) is 0 Å². The average molecular weight is 723 g/mol. The van der Waals surface area contributed by atoms with Crippen LogP contribution in [-0.2, 0) is 36.7 Å². The van der Waals surface area contributed by atoms with E-state index in [1.54, 1.807) is 0 Å². The summed E-state index contributed by atoms with van der Waals surface area (Å²) in [6.45, 7) is -10.5. The maximum absolute atomic E-state index is 16.0. The molecular weight excluding hydrogens is 700 g/mol. The van der Waals surface area contributed by atoms with Crippen molar-refractivity contribution in [3.05, 3.63) is 29.3 Å². The van der Waals surface area contributed by atoms with Crippen molar-refractivity contribution in [3.8, 4) is 5.69 Å². The number of nitrogens with two attached hydrogens (primary N) is 2. The van der Waals surface area contributed by atoms with Crippen LogP contribution in [0.3, 0.4) is 0 Å². The number of hydrogen-bond donors (Lipinski definition) is 4. The lowest BCUT2D eigenvalue weighted by molar-refractivity contribution is -0.0563. The summed E-state index contributed by atoms with van der Waals surface area (Å²) < 4.78 is 95.1. The molecule has 7 rings (SSSR count). The Hall–Kier alpha value is -3.07. The molecule has 246 valence electrons. The van der Waals surface area contributed by atoms with Crippen LogP contribution in [0.4, 0.5) is 20.5 Å². The van der Waals surface area contributed by atoms with E-state index in [0.29, 0.717) is 0 Å². The number of nitrogen functional groups attached to an aromatic ring is 2. The fourth-order valence-electron chi connectivity index (χ4n) is 5.28. The zero-order valence-corrected chi connectivity index (χ0v) is 26.3. The van der Waals surface area contributed by atoms with E-state index < -0.39 is 81.6 Å². The Bertz CT molecular complexity index is 2050. The topological polar surface area (TPSA) is 249 Å². The molecule has 2 bridgehead atoms. The molecule has 0 radical (unpaired) electrons. The van der Waals surface area contributed by atoms with Gasteiger partial charge in [0, 0.05) is 0 Å². The molecule has 3 aliphatic rings. The highest BCUT2D eigenvalue weighted by molar-refractivity contribution is 8.48. The second-order valence-electron chi connectivity index (χ2n) is 10.1. The summed E-state index contributed by atoms with van der Waals surface area (Å²) in [4.78, 5) is 34.6. The van der Waals surface area contributed by atoms with Gasteiger partial charge in [0.05, 0.1) is 25.9 Å². The summed E-state index contributed by atoms with van der Waals surface area (Å²) in [6.07, 6.45) is -10.1. The monoisotopic (exact) mass is 722 g/mol. The Balaban J connectivity index is 1.23. The fourth-order valence-corrected chi connectivity index (χ4v) is 8.59. The van der Waals surface area contributed by atoms with Crippen LogP contribution in [0.1, 0.15) is 12.5 Å². The minimum atomic E-state index is -4.50. The smallest absolute Gasteiger partial charge is 0.382 e. The third-order valence-electron chi connectivity index (χ3n) is 7.35. The van der Waals surface area contributed by atoms with Gasteiger partial charge in [0.25, 0.3) is 5.56 Å². The first-order chi connectivity index (χ1) is 21.9. The number of imidazole rings is 2. The minimum Gasteiger partial charge on any atom is -0.382 e. The Morgan fingerprint density at radius 3 is 2.39 bits per heavy atom. The number of thiol groups is 1. The molecule has 25 heteroatoms. The van der Waals surface area contributed by atoms with Gasteiger partial charge in [-0.15, -0.1) is 0 Å². The van der Waals surface area contributed by atoms with Gasteiger partial charge in [-0.2, -0.15) is 4.98 Å². The highest BCUT2D eigenvalue weighted by atomic mass is 32.7. The van der Waals surface area contributed by atoms with Crippen molar-refractivity contribution in [1.82, 2.24) is 39.0 Å². The van der Waals surface area contributed by atoms with E-state index in [9.17, 15) is 13.9 Å². The summed E-state index contributed by atoms with van der Waals surface area (Å²) in [5.74, 6) is -0.245. The molecule has 19 nitrogen and oxygen atoms in total. The van der Waals surface area contributed by atoms with Gasteiger partial charge in [0.15, 0.2) is 47.4 Å². The van der Waals surface area contributed by atoms with E-state index in [-0.39, 0.29) is 44.9 Å². The summed E-state index contributed by atoms with van der Waals surface area (Å²) in [5.41, 5.74) is 16.5. The number of anilines is 2. The maximum atomic E-state index is 16.0. The average Bonchev–Trinajstić information content (AvgIpc) is 3.77. The molecule has 4 aromatic heterocycles. The van der Waals surface area contributed by atoms with E-state index in [1.165, 1.54) is 10.9 Å². The first-order valence-electron chi connectivity index (χ1n) is 13.1. The molecule has 4 aromatic rings. The van der Waals surface area contributed by atoms with Gasteiger partial charge in [-0.05, 0) is 10.8 Å². The molecule has 0 unspecified atom stereocenters. The summed E-state index contributed by atoms with van der Waals surface area (Å²) in [6, 6.07) is 0. The van der Waals surface area contributed by atoms with E-state index in [0.717, 1.165) is 17.2 Å². The van der Waals surface area contributed by atoms with Crippen LogP contribution >= 0.6 is 36.6 Å². The lowest BCUT2D eigenvalue weighted by Crippen LogP contribution is -2.33. The highest BCUT2D eigenvalue weighted by Gasteiger charge is 2.54. The van der Waals surface area contributed by atoms with Gasteiger partial charge in [0.1, 0.15) is 36.3 Å². The van der Waals surface area contributed by atoms with Crippen LogP contribution in [0, 0.1) is 5.69 Å². The largest absolute Gasteiger partial charge is 0.418 e. The Labute approximate surface area is 263 Å². The number of aromatic amines is 1. The molecule has 0 aliphatic carbocycles. The lowest BCUT2D eigenvalue weighted by atomic mass is 10.1. The van der Waals surface area contributed by atoms with Crippen LogP contribution < -0.4 is 17.0 Å². The molecule has 0 amide bonds. The van der Waals surface area contributed by atoms with Crippen molar-refractivity contribution in [1.29, 1.82) is 0 Å². The SMILES string of the molecule is C#S[P@]1(=O)OC[C@H]2O[C@@H](n3cnc4c(N)ncnc43)[C@H](F)[C@@H]2O[P@](=O)(S)OC[C@H]2O[C@@H](n3cnc4c(=O)[nH]c(N)nc43)[C@H](O1)[C@@H]2F. The molecule has 3 saturated heterocycles. The predicted molar refractivity (Wildman–Crippen MR) is 158 cm³/mol. The number of H-pyrrole nitrogens is 1. The molecule has 46 heavy (non-hydrogen) atoms. The van der Waals surface area contributed by atoms with Gasteiger partial charge >= 0.3 is 13.6 Å². The first-order valence-corrected chi connectivity index (χ1v) is 18.8. The van der Waals surface area contributed by atoms with Crippen LogP contribution in [0.5, 0.6) is 0 Å². The van der Waals surface area contributed by atoms with Gasteiger partial charge in [-0.1, -0.05) is 17.9 Å². The van der Waals surface area contributed by atoms with Gasteiger partial charge in [-0.25, -0.2) is 37.8 Å². The fraction of sp³-hybridized carbons (Fsp3) is 0.476. The number of alkyl halides is 2. The van der Waals surface area contributed by atoms with E-state index in [4.69, 9.17) is 44.7 Å². The molecule has 5 N–H and O–H groups in total. The van der Waals surface area contributed by atoms with Gasteiger partial charge in [-0.3, -0.25) is 37.0 Å². The zero-order valence-electron chi connectivity index (χ0n) is 22.8. The van der Waals surface area contributed by atoms with Crippen molar-refractivity contribution in [3.63, 3.8) is 0 Å². The molecular formula is C21H22F2N10O9P2S2. The van der Waals surface area contributed by atoms with Gasteiger partial charge < -0.3 is 20.9 Å². The molecule has 3 aliphatic heterocycles.